The molecule has 0 bridgehead atoms. The van der Waals surface area contributed by atoms with E-state index in [1.165, 1.54) is 0 Å². The molecule has 1 heterocycles. The van der Waals surface area contributed by atoms with Crippen LogP contribution in [0.4, 0.5) is 0 Å². The number of nitrogens with one attached hydrogen (secondary N) is 1. The van der Waals surface area contributed by atoms with E-state index in [9.17, 15) is 0 Å². The maximum atomic E-state index is 5.27. The Balaban J connectivity index is 2.02. The third kappa shape index (κ3) is 4.76. The number of ether oxygens (including phenoxy) is 1. The molecular weight excluding hydrogens is 350 g/mol. The number of hydrogen-bond acceptors (Lipinski definition) is 5. The Bertz CT molecular complexity index is 586. The third-order valence-corrected chi connectivity index (χ3v) is 4.65. The summed E-state index contributed by atoms with van der Waals surface area (Å²) in [5, 5.41) is 14.0. The molecule has 0 saturated heterocycles. The molecule has 0 amide bonds. The van der Waals surface area contributed by atoms with Gasteiger partial charge in [-0.15, -0.1) is 10.2 Å². The summed E-state index contributed by atoms with van der Waals surface area (Å²) in [4.78, 5) is 0. The van der Waals surface area contributed by atoms with E-state index < -0.39 is 0 Å². The van der Waals surface area contributed by atoms with Crippen molar-refractivity contribution in [3.8, 4) is 16.3 Å². The topological polar surface area (TPSA) is 47.0 Å². The third-order valence-electron chi connectivity index (χ3n) is 2.94. The van der Waals surface area contributed by atoms with Crippen molar-refractivity contribution in [3.05, 3.63) is 27.7 Å². The predicted molar refractivity (Wildman–Crippen MR) is 91.0 cm³/mol. The first-order chi connectivity index (χ1) is 10.1. The van der Waals surface area contributed by atoms with Gasteiger partial charge in [0.05, 0.1) is 7.11 Å². The average Bonchev–Trinajstić information content (AvgIpc) is 2.92. The molecule has 4 nitrogen and oxygen atoms in total. The lowest BCUT2D eigenvalue weighted by molar-refractivity contribution is 0.415. The first-order valence-corrected chi connectivity index (χ1v) is 8.58. The molecule has 0 radical (unpaired) electrons. The molecule has 0 saturated carbocycles. The van der Waals surface area contributed by atoms with Crippen LogP contribution in [0.25, 0.3) is 10.6 Å². The van der Waals surface area contributed by atoms with Gasteiger partial charge in [0.25, 0.3) is 0 Å². The van der Waals surface area contributed by atoms with Crippen LogP contribution in [0.3, 0.4) is 0 Å². The van der Waals surface area contributed by atoms with Crippen molar-refractivity contribution in [1.82, 2.24) is 15.5 Å². The predicted octanol–water partition coefficient (Wildman–Crippen LogP) is 3.76. The number of nitrogens with zero attached hydrogens (tertiary/aromatic N) is 2. The summed E-state index contributed by atoms with van der Waals surface area (Å²) in [5.41, 5.74) is 1.02. The van der Waals surface area contributed by atoms with Gasteiger partial charge in [-0.2, -0.15) is 0 Å². The van der Waals surface area contributed by atoms with Crippen molar-refractivity contribution in [2.45, 2.75) is 20.3 Å². The number of halogens is 1. The molecule has 0 fully saturated rings. The van der Waals surface area contributed by atoms with Crippen LogP contribution in [0.15, 0.2) is 22.7 Å². The number of benzene rings is 1. The lowest BCUT2D eigenvalue weighted by atomic mass is 10.2. The maximum Gasteiger partial charge on any atom is 0.149 e. The summed E-state index contributed by atoms with van der Waals surface area (Å²) in [6.07, 6.45) is 0.909. The Morgan fingerprint density at radius 1 is 1.33 bits per heavy atom. The molecule has 1 aromatic heterocycles. The van der Waals surface area contributed by atoms with Gasteiger partial charge >= 0.3 is 0 Å². The van der Waals surface area contributed by atoms with E-state index in [2.05, 4.69) is 45.3 Å². The molecule has 0 spiro atoms. The fourth-order valence-corrected chi connectivity index (χ4v) is 3.28. The van der Waals surface area contributed by atoms with Gasteiger partial charge in [0.15, 0.2) is 0 Å². The Hall–Kier alpha value is -0.980. The first kappa shape index (κ1) is 16.4. The van der Waals surface area contributed by atoms with E-state index in [1.807, 2.05) is 18.2 Å². The van der Waals surface area contributed by atoms with Crippen LogP contribution in [-0.2, 0) is 6.42 Å². The molecule has 0 aliphatic heterocycles. The Morgan fingerprint density at radius 3 is 2.86 bits per heavy atom. The summed E-state index contributed by atoms with van der Waals surface area (Å²) in [6.45, 7) is 6.38. The summed E-state index contributed by atoms with van der Waals surface area (Å²) in [5.74, 6) is 1.49. The lowest BCUT2D eigenvalue weighted by Gasteiger charge is -2.05. The standard InChI is InChI=1S/C15H20BrN3OS/c1-10(2)9-17-7-6-14-18-19-15(21-14)12-8-11(20-3)4-5-13(12)16/h4-5,8,10,17H,6-7,9H2,1-3H3. The minimum Gasteiger partial charge on any atom is -0.497 e. The SMILES string of the molecule is COc1ccc(Br)c(-c2nnc(CCNCC(C)C)s2)c1. The molecule has 6 heteroatoms. The van der Waals surface area contributed by atoms with Crippen molar-refractivity contribution in [2.75, 3.05) is 20.2 Å². The van der Waals surface area contributed by atoms with Crippen LogP contribution in [0.2, 0.25) is 0 Å². The maximum absolute atomic E-state index is 5.27. The van der Waals surface area contributed by atoms with E-state index in [-0.39, 0.29) is 0 Å². The van der Waals surface area contributed by atoms with Gasteiger partial charge in [-0.25, -0.2) is 0 Å². The molecule has 1 N–H and O–H groups in total. The highest BCUT2D eigenvalue weighted by Crippen LogP contribution is 2.33. The second-order valence-electron chi connectivity index (χ2n) is 5.19. The summed E-state index contributed by atoms with van der Waals surface area (Å²) < 4.78 is 6.27. The first-order valence-electron chi connectivity index (χ1n) is 6.97. The Labute approximate surface area is 138 Å². The number of hydrogen-bond donors (Lipinski definition) is 1. The Kier molecular flexibility index (Phi) is 6.14. The molecule has 2 rings (SSSR count). The van der Waals surface area contributed by atoms with E-state index in [0.717, 1.165) is 45.3 Å². The summed E-state index contributed by atoms with van der Waals surface area (Å²) >= 11 is 5.19. The van der Waals surface area contributed by atoms with Gasteiger partial charge < -0.3 is 10.1 Å². The summed E-state index contributed by atoms with van der Waals surface area (Å²) in [6, 6.07) is 5.87. The van der Waals surface area contributed by atoms with Crippen molar-refractivity contribution >= 4 is 27.3 Å². The van der Waals surface area contributed by atoms with Crippen LogP contribution in [0, 0.1) is 5.92 Å². The molecule has 0 unspecified atom stereocenters. The zero-order valence-corrected chi connectivity index (χ0v) is 14.9. The zero-order chi connectivity index (χ0) is 15.2. The fourth-order valence-electron chi connectivity index (χ4n) is 1.84. The van der Waals surface area contributed by atoms with Gasteiger partial charge in [0.2, 0.25) is 0 Å². The quantitative estimate of drug-likeness (QED) is 0.754. The molecule has 114 valence electrons. The van der Waals surface area contributed by atoms with E-state index in [0.29, 0.717) is 5.92 Å². The minimum atomic E-state index is 0.669. The number of methoxy groups -OCH3 is 1. The van der Waals surface area contributed by atoms with E-state index >= 15 is 0 Å². The highest BCUT2D eigenvalue weighted by atomic mass is 79.9. The van der Waals surface area contributed by atoms with E-state index in [4.69, 9.17) is 4.74 Å². The normalized spacial score (nSPS) is 11.1. The van der Waals surface area contributed by atoms with Crippen LogP contribution in [0.1, 0.15) is 18.9 Å². The van der Waals surface area contributed by atoms with Gasteiger partial charge in [-0.1, -0.05) is 41.1 Å². The van der Waals surface area contributed by atoms with Gasteiger partial charge in [-0.05, 0) is 30.7 Å². The fraction of sp³-hybridized carbons (Fsp3) is 0.467. The van der Waals surface area contributed by atoms with Crippen molar-refractivity contribution in [3.63, 3.8) is 0 Å². The second-order valence-corrected chi connectivity index (χ2v) is 7.11. The largest absolute Gasteiger partial charge is 0.497 e. The van der Waals surface area contributed by atoms with Gasteiger partial charge in [-0.3, -0.25) is 0 Å². The molecule has 0 atom stereocenters. The molecule has 0 aliphatic carbocycles. The number of rotatable bonds is 7. The average molecular weight is 370 g/mol. The molecule has 2 aromatic rings. The molecule has 0 aliphatic rings. The van der Waals surface area contributed by atoms with Crippen molar-refractivity contribution in [1.29, 1.82) is 0 Å². The van der Waals surface area contributed by atoms with Gasteiger partial charge in [0, 0.05) is 23.0 Å². The summed E-state index contributed by atoms with van der Waals surface area (Å²) in [7, 11) is 1.67. The van der Waals surface area contributed by atoms with Crippen molar-refractivity contribution < 1.29 is 4.74 Å². The molecule has 21 heavy (non-hydrogen) atoms. The highest BCUT2D eigenvalue weighted by Gasteiger charge is 2.11. The smallest absolute Gasteiger partial charge is 0.149 e. The monoisotopic (exact) mass is 369 g/mol. The Morgan fingerprint density at radius 2 is 2.14 bits per heavy atom. The van der Waals surface area contributed by atoms with Crippen LogP contribution < -0.4 is 10.1 Å². The highest BCUT2D eigenvalue weighted by molar-refractivity contribution is 9.10. The molecular formula is C15H20BrN3OS. The number of aromatic nitrogens is 2. The van der Waals surface area contributed by atoms with E-state index in [1.54, 1.807) is 18.4 Å². The van der Waals surface area contributed by atoms with Crippen LogP contribution >= 0.6 is 27.3 Å². The molecule has 1 aromatic carbocycles. The zero-order valence-electron chi connectivity index (χ0n) is 12.5. The van der Waals surface area contributed by atoms with Crippen LogP contribution in [0.5, 0.6) is 5.75 Å². The van der Waals surface area contributed by atoms with Crippen LogP contribution in [-0.4, -0.2) is 30.4 Å². The van der Waals surface area contributed by atoms with Gasteiger partial charge in [0.1, 0.15) is 15.8 Å². The minimum absolute atomic E-state index is 0.669. The lowest BCUT2D eigenvalue weighted by Crippen LogP contribution is -2.22. The van der Waals surface area contributed by atoms with Crippen molar-refractivity contribution in [2.24, 2.45) is 5.92 Å². The second kappa shape index (κ2) is 7.87.